The van der Waals surface area contributed by atoms with E-state index in [4.69, 9.17) is 0 Å². The standard InChI is InChI=1S/C58H46N2/c1-37(2)23-24-38(3)59(42-28-25-39(26-29-42)40-27-32-57-53(33-40)48-21-13-14-22-56(48)60(57)41-15-7-6-8-16-41)43-30-31-54-51(34-43)52-35-49-46-19-11-9-17-44(46)45-18-10-12-20-47(45)50(49)36-55(52)58(54,4)5/h6-36H,1-5H3/b38-24+. The van der Waals surface area contributed by atoms with E-state index in [1.807, 2.05) is 0 Å². The number of hydrogen-bond acceptors (Lipinski definition) is 1. The molecule has 2 nitrogen and oxygen atoms in total. The first kappa shape index (κ1) is 36.0. The molecule has 0 fully saturated rings. The number of aromatic nitrogens is 1. The Labute approximate surface area is 352 Å². The van der Waals surface area contributed by atoms with Crippen molar-refractivity contribution in [2.75, 3.05) is 4.90 Å². The van der Waals surface area contributed by atoms with E-state index in [0.717, 1.165) is 17.1 Å². The number of fused-ring (bicyclic) bond motifs is 12. The quantitative estimate of drug-likeness (QED) is 0.121. The highest BCUT2D eigenvalue weighted by Crippen LogP contribution is 2.53. The summed E-state index contributed by atoms with van der Waals surface area (Å²) in [6.07, 6.45) is 4.46. The van der Waals surface area contributed by atoms with E-state index in [9.17, 15) is 0 Å². The summed E-state index contributed by atoms with van der Waals surface area (Å²) in [6.45, 7) is 11.3. The maximum absolute atomic E-state index is 2.49. The summed E-state index contributed by atoms with van der Waals surface area (Å²) in [5, 5.41) is 10.4. The highest BCUT2D eigenvalue weighted by molar-refractivity contribution is 6.26. The molecule has 2 heteroatoms. The van der Waals surface area contributed by atoms with Gasteiger partial charge in [-0.3, -0.25) is 0 Å². The fraction of sp³-hybridized carbons (Fsp3) is 0.103. The number of hydrogen-bond donors (Lipinski definition) is 0. The summed E-state index contributed by atoms with van der Waals surface area (Å²) >= 11 is 0. The van der Waals surface area contributed by atoms with E-state index in [1.54, 1.807) is 0 Å². The van der Waals surface area contributed by atoms with Gasteiger partial charge in [-0.2, -0.15) is 0 Å². The predicted octanol–water partition coefficient (Wildman–Crippen LogP) is 16.2. The lowest BCUT2D eigenvalue weighted by Gasteiger charge is -2.27. The van der Waals surface area contributed by atoms with Gasteiger partial charge < -0.3 is 9.47 Å². The molecule has 0 radical (unpaired) electrons. The van der Waals surface area contributed by atoms with Crippen LogP contribution < -0.4 is 4.90 Å². The van der Waals surface area contributed by atoms with Crippen molar-refractivity contribution in [3.8, 4) is 27.9 Å². The van der Waals surface area contributed by atoms with Gasteiger partial charge in [-0.1, -0.05) is 135 Å². The third-order valence-electron chi connectivity index (χ3n) is 12.9. The largest absolute Gasteiger partial charge is 0.314 e. The number of para-hydroxylation sites is 2. The zero-order valence-corrected chi connectivity index (χ0v) is 34.8. The van der Waals surface area contributed by atoms with Crippen LogP contribution in [-0.4, -0.2) is 4.57 Å². The molecule has 0 saturated carbocycles. The molecule has 10 aromatic rings. The van der Waals surface area contributed by atoms with Crippen molar-refractivity contribution in [3.05, 3.63) is 210 Å². The van der Waals surface area contributed by atoms with Gasteiger partial charge in [0.15, 0.2) is 0 Å². The lowest BCUT2D eigenvalue weighted by atomic mass is 9.81. The first-order chi connectivity index (χ1) is 29.3. The van der Waals surface area contributed by atoms with Gasteiger partial charge in [0, 0.05) is 38.9 Å². The van der Waals surface area contributed by atoms with Crippen LogP contribution in [0.5, 0.6) is 0 Å². The number of rotatable bonds is 6. The second kappa shape index (κ2) is 13.7. The van der Waals surface area contributed by atoms with E-state index in [0.29, 0.717) is 0 Å². The molecule has 9 aromatic carbocycles. The first-order valence-corrected chi connectivity index (χ1v) is 21.1. The molecule has 60 heavy (non-hydrogen) atoms. The van der Waals surface area contributed by atoms with Crippen LogP contribution in [0.1, 0.15) is 45.7 Å². The Balaban J connectivity index is 1.03. The van der Waals surface area contributed by atoms with E-state index < -0.39 is 0 Å². The second-order valence-electron chi connectivity index (χ2n) is 17.2. The zero-order chi connectivity index (χ0) is 40.7. The van der Waals surface area contributed by atoms with E-state index in [-0.39, 0.29) is 5.41 Å². The molecule has 0 aliphatic heterocycles. The second-order valence-corrected chi connectivity index (χ2v) is 17.2. The molecule has 288 valence electrons. The number of anilines is 2. The highest BCUT2D eigenvalue weighted by atomic mass is 15.1. The summed E-state index contributed by atoms with van der Waals surface area (Å²) in [6, 6.07) is 65.3. The Morgan fingerprint density at radius 1 is 0.433 bits per heavy atom. The summed E-state index contributed by atoms with van der Waals surface area (Å²) in [4.78, 5) is 2.41. The van der Waals surface area contributed by atoms with Gasteiger partial charge in [0.05, 0.1) is 11.0 Å². The zero-order valence-electron chi connectivity index (χ0n) is 34.8. The minimum Gasteiger partial charge on any atom is -0.314 e. The third kappa shape index (κ3) is 5.55. The van der Waals surface area contributed by atoms with Gasteiger partial charge in [-0.25, -0.2) is 0 Å². The smallest absolute Gasteiger partial charge is 0.0541 e. The topological polar surface area (TPSA) is 8.17 Å². The average Bonchev–Trinajstić information content (AvgIpc) is 3.73. The van der Waals surface area contributed by atoms with Crippen LogP contribution in [0, 0.1) is 0 Å². The number of benzene rings is 9. The van der Waals surface area contributed by atoms with Crippen LogP contribution in [0.3, 0.4) is 0 Å². The molecule has 1 aliphatic rings. The van der Waals surface area contributed by atoms with Crippen LogP contribution in [0.15, 0.2) is 199 Å². The van der Waals surface area contributed by atoms with Gasteiger partial charge in [0.25, 0.3) is 0 Å². The van der Waals surface area contributed by atoms with Crippen LogP contribution in [0.2, 0.25) is 0 Å². The van der Waals surface area contributed by atoms with Gasteiger partial charge in [0.1, 0.15) is 0 Å². The van der Waals surface area contributed by atoms with Crippen molar-refractivity contribution in [2.24, 2.45) is 0 Å². The molecule has 0 spiro atoms. The van der Waals surface area contributed by atoms with Crippen LogP contribution >= 0.6 is 0 Å². The van der Waals surface area contributed by atoms with E-state index >= 15 is 0 Å². The molecule has 11 rings (SSSR count). The Kier molecular flexibility index (Phi) is 8.22. The summed E-state index contributed by atoms with van der Waals surface area (Å²) in [5.41, 5.74) is 16.0. The first-order valence-electron chi connectivity index (χ1n) is 21.1. The van der Waals surface area contributed by atoms with Crippen molar-refractivity contribution in [3.63, 3.8) is 0 Å². The molecular weight excluding hydrogens is 725 g/mol. The predicted molar refractivity (Wildman–Crippen MR) is 258 cm³/mol. The number of allylic oxidation sites excluding steroid dienone is 4. The van der Waals surface area contributed by atoms with Crippen LogP contribution in [0.25, 0.3) is 82.1 Å². The highest BCUT2D eigenvalue weighted by Gasteiger charge is 2.36. The van der Waals surface area contributed by atoms with Crippen molar-refractivity contribution in [1.82, 2.24) is 4.57 Å². The lowest BCUT2D eigenvalue weighted by molar-refractivity contribution is 0.661. The molecule has 0 saturated heterocycles. The lowest BCUT2D eigenvalue weighted by Crippen LogP contribution is -2.16. The van der Waals surface area contributed by atoms with E-state index in [2.05, 4.69) is 232 Å². The molecule has 0 atom stereocenters. The Morgan fingerprint density at radius 3 is 1.67 bits per heavy atom. The molecular formula is C58H46N2. The van der Waals surface area contributed by atoms with Crippen molar-refractivity contribution in [1.29, 1.82) is 0 Å². The molecule has 1 heterocycles. The molecule has 0 bridgehead atoms. The van der Waals surface area contributed by atoms with Crippen molar-refractivity contribution in [2.45, 2.75) is 40.0 Å². The maximum atomic E-state index is 2.49. The maximum Gasteiger partial charge on any atom is 0.0541 e. The van der Waals surface area contributed by atoms with Gasteiger partial charge >= 0.3 is 0 Å². The Hall–Kier alpha value is -7.16. The third-order valence-corrected chi connectivity index (χ3v) is 12.9. The minimum absolute atomic E-state index is 0.141. The summed E-state index contributed by atoms with van der Waals surface area (Å²) < 4.78 is 2.37. The molecule has 0 amide bonds. The molecule has 0 unspecified atom stereocenters. The van der Waals surface area contributed by atoms with E-state index in [1.165, 1.54) is 98.8 Å². The van der Waals surface area contributed by atoms with Crippen molar-refractivity contribution >= 4 is 65.5 Å². The summed E-state index contributed by atoms with van der Waals surface area (Å²) in [5.74, 6) is 0. The van der Waals surface area contributed by atoms with Crippen LogP contribution in [-0.2, 0) is 5.41 Å². The van der Waals surface area contributed by atoms with Crippen molar-refractivity contribution < 1.29 is 0 Å². The molecule has 1 aromatic heterocycles. The molecule has 1 aliphatic carbocycles. The SMILES string of the molecule is CC(C)=C/C=C(\C)N(c1ccc(-c2ccc3c(c2)c2ccccc2n3-c2ccccc2)cc1)c1ccc2c(c1)-c1cc3c4ccccc4c4ccccc4c3cc1C2(C)C. The fourth-order valence-corrected chi connectivity index (χ4v) is 10.0. The summed E-state index contributed by atoms with van der Waals surface area (Å²) in [7, 11) is 0. The monoisotopic (exact) mass is 770 g/mol. The van der Waals surface area contributed by atoms with Crippen LogP contribution in [0.4, 0.5) is 11.4 Å². The van der Waals surface area contributed by atoms with Gasteiger partial charge in [0.2, 0.25) is 0 Å². The normalized spacial score (nSPS) is 13.3. The minimum atomic E-state index is -0.141. The Bertz CT molecular complexity index is 3410. The van der Waals surface area contributed by atoms with Gasteiger partial charge in [-0.15, -0.1) is 0 Å². The molecule has 0 N–H and O–H groups in total. The number of nitrogens with zero attached hydrogens (tertiary/aromatic N) is 2. The average molecular weight is 771 g/mol. The van der Waals surface area contributed by atoms with Gasteiger partial charge in [-0.05, 0) is 159 Å². The Morgan fingerprint density at radius 2 is 0.983 bits per heavy atom. The fourth-order valence-electron chi connectivity index (χ4n) is 10.0.